The van der Waals surface area contributed by atoms with Gasteiger partial charge < -0.3 is 14.3 Å². The van der Waals surface area contributed by atoms with Crippen LogP contribution in [0.15, 0.2) is 45.8 Å². The second-order valence-electron chi connectivity index (χ2n) is 5.11. The molecule has 0 radical (unpaired) electrons. The van der Waals surface area contributed by atoms with Crippen molar-refractivity contribution in [3.05, 3.63) is 52.7 Å². The van der Waals surface area contributed by atoms with Crippen LogP contribution in [0.25, 0.3) is 11.0 Å². The van der Waals surface area contributed by atoms with Crippen LogP contribution < -0.4 is 5.32 Å². The molecule has 0 saturated heterocycles. The summed E-state index contributed by atoms with van der Waals surface area (Å²) >= 11 is 3.43. The van der Waals surface area contributed by atoms with E-state index in [4.69, 9.17) is 4.42 Å². The van der Waals surface area contributed by atoms with Crippen molar-refractivity contribution in [2.45, 2.75) is 19.9 Å². The first-order chi connectivity index (χ1) is 10.6. The number of aryl methyl sites for hydroxylation is 2. The number of nitrogens with one attached hydrogen (secondary N) is 1. The fourth-order valence-corrected chi connectivity index (χ4v) is 2.73. The molecule has 2 aromatic heterocycles. The first-order valence-electron chi connectivity index (χ1n) is 7.08. The van der Waals surface area contributed by atoms with E-state index >= 15 is 0 Å². The number of hydrogen-bond acceptors (Lipinski definition) is 3. The monoisotopic (exact) mass is 361 g/mol. The Hall–Kier alpha value is -2.08. The van der Waals surface area contributed by atoms with Crippen molar-refractivity contribution in [1.29, 1.82) is 0 Å². The van der Waals surface area contributed by atoms with Gasteiger partial charge in [0.15, 0.2) is 5.76 Å². The summed E-state index contributed by atoms with van der Waals surface area (Å²) < 4.78 is 8.62. The predicted molar refractivity (Wildman–Crippen MR) is 87.8 cm³/mol. The van der Waals surface area contributed by atoms with Crippen LogP contribution in [-0.2, 0) is 6.54 Å². The molecule has 0 unspecified atom stereocenters. The van der Waals surface area contributed by atoms with Crippen LogP contribution in [0, 0.1) is 6.92 Å². The van der Waals surface area contributed by atoms with Gasteiger partial charge in [-0.3, -0.25) is 4.79 Å². The van der Waals surface area contributed by atoms with Crippen molar-refractivity contribution in [2.75, 3.05) is 6.54 Å². The van der Waals surface area contributed by atoms with Gasteiger partial charge in [0, 0.05) is 40.9 Å². The van der Waals surface area contributed by atoms with E-state index in [0.29, 0.717) is 12.3 Å². The van der Waals surface area contributed by atoms with E-state index in [-0.39, 0.29) is 5.91 Å². The average Bonchev–Trinajstić information content (AvgIpc) is 3.12. The van der Waals surface area contributed by atoms with Crippen LogP contribution in [0.3, 0.4) is 0 Å². The van der Waals surface area contributed by atoms with Gasteiger partial charge in [0.1, 0.15) is 5.58 Å². The van der Waals surface area contributed by atoms with E-state index in [1.54, 1.807) is 12.5 Å². The summed E-state index contributed by atoms with van der Waals surface area (Å²) in [6.45, 7) is 3.32. The molecular weight excluding hydrogens is 346 g/mol. The number of nitrogens with zero attached hydrogens (tertiary/aromatic N) is 2. The van der Waals surface area contributed by atoms with Crippen LogP contribution in [0.1, 0.15) is 22.5 Å². The zero-order chi connectivity index (χ0) is 15.5. The van der Waals surface area contributed by atoms with Crippen LogP contribution in [0.2, 0.25) is 0 Å². The summed E-state index contributed by atoms with van der Waals surface area (Å²) in [5.74, 6) is 0.214. The lowest BCUT2D eigenvalue weighted by atomic mass is 10.1. The minimum Gasteiger partial charge on any atom is -0.451 e. The van der Waals surface area contributed by atoms with E-state index in [1.165, 1.54) is 0 Å². The fourth-order valence-electron chi connectivity index (χ4n) is 2.37. The van der Waals surface area contributed by atoms with Crippen molar-refractivity contribution in [3.8, 4) is 0 Å². The highest BCUT2D eigenvalue weighted by Crippen LogP contribution is 2.27. The van der Waals surface area contributed by atoms with Crippen LogP contribution in [0.5, 0.6) is 0 Å². The van der Waals surface area contributed by atoms with Crippen molar-refractivity contribution in [2.24, 2.45) is 0 Å². The fraction of sp³-hybridized carbons (Fsp3) is 0.250. The lowest BCUT2D eigenvalue weighted by Crippen LogP contribution is -2.25. The highest BCUT2D eigenvalue weighted by atomic mass is 79.9. The first-order valence-corrected chi connectivity index (χ1v) is 7.87. The third-order valence-corrected chi connectivity index (χ3v) is 4.04. The van der Waals surface area contributed by atoms with E-state index < -0.39 is 0 Å². The molecule has 3 aromatic rings. The molecule has 0 bridgehead atoms. The van der Waals surface area contributed by atoms with Gasteiger partial charge >= 0.3 is 0 Å². The number of benzene rings is 1. The summed E-state index contributed by atoms with van der Waals surface area (Å²) in [4.78, 5) is 16.2. The molecule has 0 fully saturated rings. The molecule has 114 valence electrons. The van der Waals surface area contributed by atoms with Gasteiger partial charge in [0.25, 0.3) is 5.91 Å². The third kappa shape index (κ3) is 3.06. The second kappa shape index (κ2) is 6.36. The Balaban J connectivity index is 1.63. The zero-order valence-corrected chi connectivity index (χ0v) is 13.8. The minimum atomic E-state index is -0.171. The molecule has 0 aliphatic rings. The Morgan fingerprint density at radius 1 is 1.45 bits per heavy atom. The molecule has 1 N–H and O–H groups in total. The average molecular weight is 362 g/mol. The molecule has 0 aliphatic heterocycles. The molecule has 22 heavy (non-hydrogen) atoms. The number of amides is 1. The van der Waals surface area contributed by atoms with Crippen molar-refractivity contribution in [1.82, 2.24) is 14.9 Å². The van der Waals surface area contributed by atoms with Gasteiger partial charge in [0.2, 0.25) is 0 Å². The van der Waals surface area contributed by atoms with Crippen molar-refractivity contribution >= 4 is 32.8 Å². The quantitative estimate of drug-likeness (QED) is 0.707. The molecule has 0 saturated carbocycles. The Morgan fingerprint density at radius 3 is 3.09 bits per heavy atom. The smallest absolute Gasteiger partial charge is 0.287 e. The van der Waals surface area contributed by atoms with Gasteiger partial charge in [-0.2, -0.15) is 0 Å². The number of carbonyl (C=O) groups is 1. The van der Waals surface area contributed by atoms with Crippen molar-refractivity contribution in [3.63, 3.8) is 0 Å². The molecule has 0 atom stereocenters. The molecule has 6 heteroatoms. The van der Waals surface area contributed by atoms with Gasteiger partial charge in [-0.15, -0.1) is 0 Å². The highest BCUT2D eigenvalue weighted by molar-refractivity contribution is 9.10. The Bertz CT molecular complexity index is 793. The number of furan rings is 1. The summed E-state index contributed by atoms with van der Waals surface area (Å²) in [7, 11) is 0. The summed E-state index contributed by atoms with van der Waals surface area (Å²) in [5.41, 5.74) is 1.59. The minimum absolute atomic E-state index is 0.171. The first kappa shape index (κ1) is 14.8. The molecule has 5 nitrogen and oxygen atoms in total. The van der Waals surface area contributed by atoms with E-state index in [1.807, 2.05) is 35.9 Å². The van der Waals surface area contributed by atoms with Crippen LogP contribution in [-0.4, -0.2) is 22.0 Å². The molecule has 3 rings (SSSR count). The Kier molecular flexibility index (Phi) is 4.29. The second-order valence-corrected chi connectivity index (χ2v) is 6.02. The number of hydrogen-bond donors (Lipinski definition) is 1. The molecule has 0 aliphatic carbocycles. The maximum Gasteiger partial charge on any atom is 0.287 e. The summed E-state index contributed by atoms with van der Waals surface area (Å²) in [6, 6.07) is 5.73. The molecule has 2 heterocycles. The third-order valence-electron chi connectivity index (χ3n) is 3.54. The van der Waals surface area contributed by atoms with Gasteiger partial charge in [-0.05, 0) is 31.5 Å². The highest BCUT2D eigenvalue weighted by Gasteiger charge is 2.17. The van der Waals surface area contributed by atoms with Gasteiger partial charge in [-0.25, -0.2) is 4.98 Å². The topological polar surface area (TPSA) is 60.1 Å². The molecular formula is C16H16BrN3O2. The van der Waals surface area contributed by atoms with Crippen molar-refractivity contribution < 1.29 is 9.21 Å². The molecule has 1 amide bonds. The van der Waals surface area contributed by atoms with Crippen LogP contribution in [0.4, 0.5) is 0 Å². The van der Waals surface area contributed by atoms with E-state index in [2.05, 4.69) is 26.2 Å². The standard InChI is InChI=1S/C16H16BrN3O2/c1-11-13-9-12(17)3-4-14(13)22-15(11)16(21)19-5-2-7-20-8-6-18-10-20/h3-4,6,8-10H,2,5,7H2,1H3,(H,19,21). The lowest BCUT2D eigenvalue weighted by Gasteiger charge is -2.04. The summed E-state index contributed by atoms with van der Waals surface area (Å²) in [6.07, 6.45) is 6.26. The summed E-state index contributed by atoms with van der Waals surface area (Å²) in [5, 5.41) is 3.86. The number of imidazole rings is 1. The maximum atomic E-state index is 12.2. The van der Waals surface area contributed by atoms with Gasteiger partial charge in [0.05, 0.1) is 6.33 Å². The number of halogens is 1. The predicted octanol–water partition coefficient (Wildman–Crippen LogP) is 3.52. The SMILES string of the molecule is Cc1c(C(=O)NCCCn2ccnc2)oc2ccc(Br)cc12. The lowest BCUT2D eigenvalue weighted by molar-refractivity contribution is 0.0926. The Morgan fingerprint density at radius 2 is 2.32 bits per heavy atom. The van der Waals surface area contributed by atoms with Gasteiger partial charge in [-0.1, -0.05) is 15.9 Å². The van der Waals surface area contributed by atoms with E-state index in [0.717, 1.165) is 34.0 Å². The van der Waals surface area contributed by atoms with Crippen LogP contribution >= 0.6 is 15.9 Å². The number of fused-ring (bicyclic) bond motifs is 1. The Labute approximate surface area is 136 Å². The molecule has 1 aromatic carbocycles. The number of carbonyl (C=O) groups excluding carboxylic acids is 1. The molecule has 0 spiro atoms. The normalized spacial score (nSPS) is 11.0. The maximum absolute atomic E-state index is 12.2. The number of aromatic nitrogens is 2. The van der Waals surface area contributed by atoms with E-state index in [9.17, 15) is 4.79 Å². The zero-order valence-electron chi connectivity index (χ0n) is 12.2. The largest absolute Gasteiger partial charge is 0.451 e. The number of rotatable bonds is 5.